The van der Waals surface area contributed by atoms with Gasteiger partial charge in [-0.2, -0.15) is 0 Å². The molecule has 1 unspecified atom stereocenters. The predicted octanol–water partition coefficient (Wildman–Crippen LogP) is 13.4. The lowest BCUT2D eigenvalue weighted by atomic mass is 9.91. The molecule has 11 rings (SSSR count). The third-order valence-electron chi connectivity index (χ3n) is 11.1. The van der Waals surface area contributed by atoms with Crippen molar-refractivity contribution in [3.63, 3.8) is 0 Å². The number of aliphatic imine (C=N–C) groups is 2. The van der Waals surface area contributed by atoms with Crippen molar-refractivity contribution in [3.05, 3.63) is 217 Å². The van der Waals surface area contributed by atoms with Gasteiger partial charge in [0, 0.05) is 21.9 Å². The number of benzene rings is 9. The smallest absolute Gasteiger partial charge is 0.169 e. The van der Waals surface area contributed by atoms with E-state index in [1.165, 1.54) is 21.7 Å². The minimum Gasteiger partial charge on any atom is -0.456 e. The first-order valence-electron chi connectivity index (χ1n) is 19.3. The van der Waals surface area contributed by atoms with Gasteiger partial charge in [0.2, 0.25) is 0 Å². The number of nitrogens with one attached hydrogen (secondary N) is 1. The molecule has 0 amide bonds. The molecule has 268 valence electrons. The molecule has 0 aliphatic carbocycles. The number of hydrogen-bond donors (Lipinski definition) is 1. The van der Waals surface area contributed by atoms with Crippen LogP contribution in [0.1, 0.15) is 22.9 Å². The van der Waals surface area contributed by atoms with Crippen LogP contribution < -0.4 is 5.32 Å². The van der Waals surface area contributed by atoms with Gasteiger partial charge < -0.3 is 9.73 Å². The van der Waals surface area contributed by atoms with Crippen molar-refractivity contribution in [2.45, 2.75) is 6.17 Å². The highest BCUT2D eigenvalue weighted by Crippen LogP contribution is 2.43. The Morgan fingerprint density at radius 1 is 0.368 bits per heavy atom. The van der Waals surface area contributed by atoms with Gasteiger partial charge in [-0.3, -0.25) is 0 Å². The highest BCUT2D eigenvalue weighted by Gasteiger charge is 2.23. The Labute approximate surface area is 330 Å². The fourth-order valence-electron chi connectivity index (χ4n) is 8.32. The van der Waals surface area contributed by atoms with Gasteiger partial charge in [0.1, 0.15) is 22.8 Å². The molecule has 0 fully saturated rings. The van der Waals surface area contributed by atoms with Crippen LogP contribution >= 0.6 is 0 Å². The van der Waals surface area contributed by atoms with Gasteiger partial charge in [0.25, 0.3) is 0 Å². The van der Waals surface area contributed by atoms with Gasteiger partial charge in [0.15, 0.2) is 6.17 Å². The van der Waals surface area contributed by atoms with Crippen molar-refractivity contribution in [1.82, 2.24) is 5.32 Å². The Morgan fingerprint density at radius 3 is 1.75 bits per heavy atom. The van der Waals surface area contributed by atoms with Crippen LogP contribution in [0.3, 0.4) is 0 Å². The minimum absolute atomic E-state index is 0.447. The van der Waals surface area contributed by atoms with Crippen LogP contribution in [0.15, 0.2) is 215 Å². The quantitative estimate of drug-likeness (QED) is 0.185. The van der Waals surface area contributed by atoms with Gasteiger partial charge in [-0.15, -0.1) is 0 Å². The van der Waals surface area contributed by atoms with Crippen LogP contribution in [-0.4, -0.2) is 11.7 Å². The summed E-state index contributed by atoms with van der Waals surface area (Å²) in [6, 6.07) is 70.5. The molecule has 9 aromatic carbocycles. The average Bonchev–Trinajstić information content (AvgIpc) is 3.65. The molecule has 0 bridgehead atoms. The highest BCUT2D eigenvalue weighted by atomic mass is 16.3. The summed E-state index contributed by atoms with van der Waals surface area (Å²) in [5.41, 5.74) is 11.6. The van der Waals surface area contributed by atoms with Gasteiger partial charge >= 0.3 is 0 Å². The lowest BCUT2D eigenvalue weighted by Crippen LogP contribution is -2.36. The topological polar surface area (TPSA) is 49.9 Å². The van der Waals surface area contributed by atoms with E-state index in [1.807, 2.05) is 24.3 Å². The molecular formula is C53H35N3O. The molecule has 4 nitrogen and oxygen atoms in total. The third-order valence-corrected chi connectivity index (χ3v) is 11.1. The van der Waals surface area contributed by atoms with Gasteiger partial charge in [-0.05, 0) is 84.8 Å². The van der Waals surface area contributed by atoms with E-state index in [0.717, 1.165) is 83.5 Å². The molecule has 4 heteroatoms. The number of rotatable bonds is 6. The summed E-state index contributed by atoms with van der Waals surface area (Å²) in [6.45, 7) is 0. The SMILES string of the molecule is c1ccc(C2=NC(c3ccc(-c4cc(-c5cccc6ccccc56)cc5oc6cc7ccccc7cc6c45)cc3)N=C(c3ccccc3-c3ccccc3)N2)cc1. The highest BCUT2D eigenvalue weighted by molar-refractivity contribution is 6.19. The Balaban J connectivity index is 1.07. The predicted molar refractivity (Wildman–Crippen MR) is 237 cm³/mol. The van der Waals surface area contributed by atoms with Crippen LogP contribution in [0.5, 0.6) is 0 Å². The third kappa shape index (κ3) is 5.87. The van der Waals surface area contributed by atoms with Gasteiger partial charge in [-0.25, -0.2) is 9.98 Å². The first-order chi connectivity index (χ1) is 28.2. The van der Waals surface area contributed by atoms with Crippen molar-refractivity contribution in [2.24, 2.45) is 9.98 Å². The number of hydrogen-bond acceptors (Lipinski definition) is 4. The van der Waals surface area contributed by atoms with Crippen LogP contribution in [-0.2, 0) is 0 Å². The summed E-state index contributed by atoms with van der Waals surface area (Å²) < 4.78 is 6.72. The molecule has 10 aromatic rings. The fourth-order valence-corrected chi connectivity index (χ4v) is 8.32. The van der Waals surface area contributed by atoms with E-state index in [4.69, 9.17) is 14.4 Å². The largest absolute Gasteiger partial charge is 0.456 e. The Hall–Kier alpha value is -7.56. The first-order valence-corrected chi connectivity index (χ1v) is 19.3. The molecule has 2 heterocycles. The maximum absolute atomic E-state index is 6.72. The van der Waals surface area contributed by atoms with Crippen molar-refractivity contribution >= 4 is 55.2 Å². The monoisotopic (exact) mass is 729 g/mol. The van der Waals surface area contributed by atoms with E-state index in [0.29, 0.717) is 0 Å². The molecular weight excluding hydrogens is 695 g/mol. The Morgan fingerprint density at radius 2 is 0.965 bits per heavy atom. The summed E-state index contributed by atoms with van der Waals surface area (Å²) in [5, 5.41) is 10.6. The number of furan rings is 1. The van der Waals surface area contributed by atoms with E-state index in [1.54, 1.807) is 0 Å². The minimum atomic E-state index is -0.447. The van der Waals surface area contributed by atoms with E-state index >= 15 is 0 Å². The first kappa shape index (κ1) is 32.8. The zero-order chi connectivity index (χ0) is 37.7. The second-order valence-corrected chi connectivity index (χ2v) is 14.6. The number of amidine groups is 2. The van der Waals surface area contributed by atoms with E-state index in [9.17, 15) is 0 Å². The fraction of sp³-hybridized carbons (Fsp3) is 0.0189. The zero-order valence-electron chi connectivity index (χ0n) is 30.9. The second kappa shape index (κ2) is 13.6. The van der Waals surface area contributed by atoms with Crippen molar-refractivity contribution < 1.29 is 4.42 Å². The van der Waals surface area contributed by atoms with Gasteiger partial charge in [0.05, 0.1) is 0 Å². The molecule has 0 saturated carbocycles. The molecule has 0 saturated heterocycles. The summed E-state index contributed by atoms with van der Waals surface area (Å²) >= 11 is 0. The number of fused-ring (bicyclic) bond motifs is 5. The summed E-state index contributed by atoms with van der Waals surface area (Å²) in [6.07, 6.45) is -0.447. The Bertz CT molecular complexity index is 3190. The van der Waals surface area contributed by atoms with E-state index < -0.39 is 6.17 Å². The maximum atomic E-state index is 6.72. The van der Waals surface area contributed by atoms with E-state index in [-0.39, 0.29) is 0 Å². The van der Waals surface area contributed by atoms with Crippen molar-refractivity contribution in [2.75, 3.05) is 0 Å². The summed E-state index contributed by atoms with van der Waals surface area (Å²) in [4.78, 5) is 10.5. The van der Waals surface area contributed by atoms with Crippen LogP contribution in [0.25, 0.3) is 76.9 Å². The molecule has 1 N–H and O–H groups in total. The molecule has 0 spiro atoms. The molecule has 1 aliphatic rings. The molecule has 1 aromatic heterocycles. The summed E-state index contributed by atoms with van der Waals surface area (Å²) in [5.74, 6) is 1.58. The molecule has 1 atom stereocenters. The molecule has 1 aliphatic heterocycles. The number of nitrogens with zero attached hydrogens (tertiary/aromatic N) is 2. The normalized spacial score (nSPS) is 14.1. The molecule has 57 heavy (non-hydrogen) atoms. The van der Waals surface area contributed by atoms with E-state index in [2.05, 4.69) is 181 Å². The van der Waals surface area contributed by atoms with Gasteiger partial charge in [-0.1, -0.05) is 176 Å². The molecule has 0 radical (unpaired) electrons. The van der Waals surface area contributed by atoms with Crippen LogP contribution in [0.2, 0.25) is 0 Å². The lowest BCUT2D eigenvalue weighted by molar-refractivity contribution is 0.669. The summed E-state index contributed by atoms with van der Waals surface area (Å²) in [7, 11) is 0. The second-order valence-electron chi connectivity index (χ2n) is 14.6. The van der Waals surface area contributed by atoms with Crippen LogP contribution in [0, 0.1) is 0 Å². The van der Waals surface area contributed by atoms with Crippen molar-refractivity contribution in [1.29, 1.82) is 0 Å². The standard InChI is InChI=1S/C53H35N3O/c1-3-14-34(15-4-1)43-23-11-12-24-45(43)53-55-51(37-17-5-2-6-18-37)54-52(56-53)38-28-26-36(27-29-38)46-31-41(44-25-13-21-35-16-9-10-22-42(35)44)33-49-50(46)47-30-39-19-7-8-20-40(39)32-48(47)57-49/h1-33,52H,(H,54,55,56). The lowest BCUT2D eigenvalue weighted by Gasteiger charge is -2.24. The Kier molecular flexibility index (Phi) is 7.85. The average molecular weight is 730 g/mol. The van der Waals surface area contributed by atoms with Crippen molar-refractivity contribution in [3.8, 4) is 33.4 Å². The van der Waals surface area contributed by atoms with Crippen LogP contribution in [0.4, 0.5) is 0 Å². The maximum Gasteiger partial charge on any atom is 0.169 e. The zero-order valence-corrected chi connectivity index (χ0v) is 30.9.